The first-order chi connectivity index (χ1) is 11.4. The van der Waals surface area contributed by atoms with Gasteiger partial charge >= 0.3 is 5.92 Å². The van der Waals surface area contributed by atoms with Gasteiger partial charge in [0.05, 0.1) is 16.7 Å². The first-order valence-corrected chi connectivity index (χ1v) is 6.16. The molecule has 0 heterocycles. The molecular weight excluding hydrogens is 377 g/mol. The van der Waals surface area contributed by atoms with E-state index in [1.54, 1.807) is 0 Å². The van der Waals surface area contributed by atoms with E-state index in [2.05, 4.69) is 0 Å². The molecule has 1 atom stereocenters. The zero-order valence-electron chi connectivity index (χ0n) is 11.2. The second kappa shape index (κ2) is 4.85. The lowest BCUT2D eigenvalue weighted by Gasteiger charge is -2.45. The van der Waals surface area contributed by atoms with Crippen LogP contribution in [0.4, 0.5) is 48.3 Å². The van der Waals surface area contributed by atoms with E-state index in [0.717, 1.165) is 0 Å². The summed E-state index contributed by atoms with van der Waals surface area (Å²) < 4.78 is 149. The van der Waals surface area contributed by atoms with Gasteiger partial charge in [-0.05, 0) is 0 Å². The molecule has 0 nitrogen and oxygen atoms in total. The van der Waals surface area contributed by atoms with Crippen molar-refractivity contribution >= 4 is 0 Å². The van der Waals surface area contributed by atoms with Gasteiger partial charge in [-0.15, -0.1) is 0 Å². The fraction of sp³-hybridized carbons (Fsp3) is 0.143. The fourth-order valence-electron chi connectivity index (χ4n) is 2.68. The molecule has 1 unspecified atom stereocenters. The average Bonchev–Trinajstić information content (AvgIpc) is 2.53. The van der Waals surface area contributed by atoms with Crippen molar-refractivity contribution in [1.29, 1.82) is 0 Å². The summed E-state index contributed by atoms with van der Waals surface area (Å²) in [4.78, 5) is 0. The Bertz CT molecular complexity index is 934. The Kier molecular flexibility index (Phi) is 3.40. The van der Waals surface area contributed by atoms with Crippen LogP contribution in [0.25, 0.3) is 0 Å². The Hall–Kier alpha value is -2.33. The number of hydrogen-bond acceptors (Lipinski definition) is 0. The number of alkyl halides is 3. The minimum atomic E-state index is -5.31. The fourth-order valence-corrected chi connectivity index (χ4v) is 2.68. The Balaban J connectivity index is 2.46. The molecule has 2 aromatic carbocycles. The van der Waals surface area contributed by atoms with Crippen molar-refractivity contribution < 1.29 is 48.3 Å². The van der Waals surface area contributed by atoms with Crippen LogP contribution in [0.3, 0.4) is 0 Å². The van der Waals surface area contributed by atoms with Crippen molar-refractivity contribution in [3.63, 3.8) is 0 Å². The molecule has 134 valence electrons. The van der Waals surface area contributed by atoms with Gasteiger partial charge in [0.15, 0.2) is 40.7 Å². The topological polar surface area (TPSA) is 0 Å². The molecule has 3 rings (SSSR count). The van der Waals surface area contributed by atoms with Crippen molar-refractivity contribution in [3.05, 3.63) is 69.3 Å². The maximum absolute atomic E-state index is 14.8. The van der Waals surface area contributed by atoms with Crippen molar-refractivity contribution in [1.82, 2.24) is 0 Å². The van der Waals surface area contributed by atoms with E-state index in [1.807, 2.05) is 0 Å². The van der Waals surface area contributed by atoms with Gasteiger partial charge in [-0.2, -0.15) is 8.78 Å². The standard InChI is InChI=1S/C14HF11/c15-2-1-3(16)7(17)8(18)4(2)13(23)5-6(14(13,24)25)10(20)12(22)11(21)9(5)19/h1H. The maximum Gasteiger partial charge on any atom is 0.318 e. The van der Waals surface area contributed by atoms with Gasteiger partial charge in [0.2, 0.25) is 5.67 Å². The van der Waals surface area contributed by atoms with E-state index in [4.69, 9.17) is 0 Å². The smallest absolute Gasteiger partial charge is 0.226 e. The lowest BCUT2D eigenvalue weighted by molar-refractivity contribution is -0.169. The van der Waals surface area contributed by atoms with E-state index in [-0.39, 0.29) is 0 Å². The molecule has 2 aromatic rings. The van der Waals surface area contributed by atoms with Crippen LogP contribution in [0, 0.1) is 46.5 Å². The summed E-state index contributed by atoms with van der Waals surface area (Å²) >= 11 is 0. The van der Waals surface area contributed by atoms with E-state index in [9.17, 15) is 48.3 Å². The van der Waals surface area contributed by atoms with Crippen LogP contribution in [0.15, 0.2) is 6.07 Å². The van der Waals surface area contributed by atoms with Gasteiger partial charge in [0.1, 0.15) is 5.82 Å². The zero-order chi connectivity index (χ0) is 19.1. The van der Waals surface area contributed by atoms with Crippen LogP contribution >= 0.6 is 0 Å². The van der Waals surface area contributed by atoms with Crippen LogP contribution in [0.5, 0.6) is 0 Å². The van der Waals surface area contributed by atoms with Crippen LogP contribution in [-0.4, -0.2) is 0 Å². The molecule has 25 heavy (non-hydrogen) atoms. The van der Waals surface area contributed by atoms with E-state index >= 15 is 0 Å². The predicted molar refractivity (Wildman–Crippen MR) is 58.3 cm³/mol. The van der Waals surface area contributed by atoms with Crippen molar-refractivity contribution in [2.24, 2.45) is 0 Å². The Morgan fingerprint density at radius 2 is 0.920 bits per heavy atom. The second-order valence-electron chi connectivity index (χ2n) is 5.08. The third-order valence-corrected chi connectivity index (χ3v) is 3.82. The van der Waals surface area contributed by atoms with Gasteiger partial charge in [0.25, 0.3) is 0 Å². The summed E-state index contributed by atoms with van der Waals surface area (Å²) in [7, 11) is 0. The van der Waals surface area contributed by atoms with Crippen LogP contribution in [-0.2, 0) is 11.6 Å². The summed E-state index contributed by atoms with van der Waals surface area (Å²) in [6.45, 7) is 0. The monoisotopic (exact) mass is 378 g/mol. The molecule has 0 bridgehead atoms. The molecule has 11 heteroatoms. The highest BCUT2D eigenvalue weighted by Crippen LogP contribution is 2.65. The Morgan fingerprint density at radius 3 is 1.44 bits per heavy atom. The van der Waals surface area contributed by atoms with Gasteiger partial charge in [-0.1, -0.05) is 0 Å². The van der Waals surface area contributed by atoms with E-state index in [1.165, 1.54) is 0 Å². The highest BCUT2D eigenvalue weighted by molar-refractivity contribution is 5.58. The summed E-state index contributed by atoms with van der Waals surface area (Å²) in [6, 6.07) is -0.517. The molecule has 1 aliphatic rings. The lowest BCUT2D eigenvalue weighted by atomic mass is 9.66. The van der Waals surface area contributed by atoms with Gasteiger partial charge in [0, 0.05) is 6.07 Å². The molecule has 0 saturated carbocycles. The number of halogens is 11. The number of fused-ring (bicyclic) bond motifs is 1. The molecule has 0 radical (unpaired) electrons. The lowest BCUT2D eigenvalue weighted by Crippen LogP contribution is -2.54. The molecule has 0 aromatic heterocycles. The summed E-state index contributed by atoms with van der Waals surface area (Å²) in [5.74, 6) is -26.1. The minimum absolute atomic E-state index is 0.517. The molecule has 0 spiro atoms. The van der Waals surface area contributed by atoms with Crippen LogP contribution in [0.2, 0.25) is 0 Å². The van der Waals surface area contributed by atoms with Crippen LogP contribution in [0.1, 0.15) is 16.7 Å². The zero-order valence-corrected chi connectivity index (χ0v) is 11.2. The van der Waals surface area contributed by atoms with Gasteiger partial charge < -0.3 is 0 Å². The average molecular weight is 378 g/mol. The summed E-state index contributed by atoms with van der Waals surface area (Å²) in [5, 5.41) is 0. The van der Waals surface area contributed by atoms with Crippen molar-refractivity contribution in [2.45, 2.75) is 11.6 Å². The SMILES string of the molecule is Fc1cc(F)c(C2(F)c3c(F)c(F)c(F)c(F)c3C2(F)F)c(F)c1F. The Labute approximate surface area is 130 Å². The van der Waals surface area contributed by atoms with Gasteiger partial charge in [-0.25, -0.2) is 39.5 Å². The van der Waals surface area contributed by atoms with Crippen molar-refractivity contribution in [2.75, 3.05) is 0 Å². The molecule has 1 aliphatic carbocycles. The first kappa shape index (κ1) is 17.5. The third kappa shape index (κ3) is 1.78. The van der Waals surface area contributed by atoms with E-state index in [0.29, 0.717) is 0 Å². The normalized spacial score (nSPS) is 21.1. The summed E-state index contributed by atoms with van der Waals surface area (Å²) in [6.07, 6.45) is 0. The number of rotatable bonds is 1. The maximum atomic E-state index is 14.8. The second-order valence-corrected chi connectivity index (χ2v) is 5.08. The molecule has 0 N–H and O–H groups in total. The molecule has 0 amide bonds. The third-order valence-electron chi connectivity index (χ3n) is 3.82. The predicted octanol–water partition coefficient (Wildman–Crippen LogP) is 5.12. The molecule has 0 fully saturated rings. The van der Waals surface area contributed by atoms with Crippen molar-refractivity contribution in [3.8, 4) is 0 Å². The highest BCUT2D eigenvalue weighted by Gasteiger charge is 2.74. The van der Waals surface area contributed by atoms with E-state index < -0.39 is 80.9 Å². The van der Waals surface area contributed by atoms with Gasteiger partial charge in [-0.3, -0.25) is 0 Å². The quantitative estimate of drug-likeness (QED) is 0.367. The molecule has 0 aliphatic heterocycles. The number of benzene rings is 2. The Morgan fingerprint density at radius 1 is 0.480 bits per heavy atom. The first-order valence-electron chi connectivity index (χ1n) is 6.16. The molecule has 0 saturated heterocycles. The van der Waals surface area contributed by atoms with Crippen LogP contribution < -0.4 is 0 Å². The summed E-state index contributed by atoms with van der Waals surface area (Å²) in [5.41, 5.74) is -12.0. The highest BCUT2D eigenvalue weighted by atomic mass is 19.3. The number of hydrogen-bond donors (Lipinski definition) is 0. The molecular formula is C14HF11. The largest absolute Gasteiger partial charge is 0.318 e. The minimum Gasteiger partial charge on any atom is -0.226 e.